The van der Waals surface area contributed by atoms with Crippen LogP contribution in [0.3, 0.4) is 0 Å². The van der Waals surface area contributed by atoms with E-state index < -0.39 is 36.7 Å². The second kappa shape index (κ2) is 5.35. The van der Waals surface area contributed by atoms with Crippen LogP contribution in [0.4, 0.5) is 43.9 Å². The molecule has 1 atom stereocenters. The third kappa shape index (κ3) is 3.14. The molecule has 18 heavy (non-hydrogen) atoms. The summed E-state index contributed by atoms with van der Waals surface area (Å²) in [4.78, 5) is 0. The van der Waals surface area contributed by atoms with E-state index >= 15 is 0 Å². The molecule has 0 aromatic rings. The Morgan fingerprint density at radius 1 is 0.667 bits per heavy atom. The Kier molecular flexibility index (Phi) is 6.30. The van der Waals surface area contributed by atoms with Gasteiger partial charge in [0.2, 0.25) is 5.60 Å². The van der Waals surface area contributed by atoms with E-state index in [4.69, 9.17) is 5.11 Å². The van der Waals surface area contributed by atoms with Crippen LogP contribution in [-0.2, 0) is 0 Å². The summed E-state index contributed by atoms with van der Waals surface area (Å²) >= 11 is 0. The largest absolute Gasteiger partial charge is 1.00 e. The van der Waals surface area contributed by atoms with Crippen molar-refractivity contribution in [3.05, 3.63) is 0 Å². The van der Waals surface area contributed by atoms with E-state index in [0.29, 0.717) is 0 Å². The van der Waals surface area contributed by atoms with Gasteiger partial charge in [0.15, 0.2) is 0 Å². The van der Waals surface area contributed by atoms with Gasteiger partial charge in [0.1, 0.15) is 0 Å². The molecular weight excluding hydrogens is 317 g/mol. The molecule has 0 aliphatic carbocycles. The van der Waals surface area contributed by atoms with Crippen molar-refractivity contribution in [2.24, 2.45) is 0 Å². The van der Waals surface area contributed by atoms with Crippen molar-refractivity contribution in [2.75, 3.05) is 0 Å². The standard InChI is InChI=1S/C6H4F10O.K.H/c1-2(17,5(11,12)13)3(7,8)4(9,10)6(14,15)16;;/h17H,1H3;;/q;+1;-1. The molecule has 0 aromatic heterocycles. The van der Waals surface area contributed by atoms with E-state index in [1.54, 1.807) is 0 Å². The summed E-state index contributed by atoms with van der Waals surface area (Å²) in [5.74, 6) is -13.8. The molecule has 1 N–H and O–H groups in total. The molecular formula is C6H5F10KO. The zero-order chi connectivity index (χ0) is 14.5. The van der Waals surface area contributed by atoms with Gasteiger partial charge in [0, 0.05) is 0 Å². The van der Waals surface area contributed by atoms with Gasteiger partial charge in [-0.05, 0) is 6.92 Å². The first-order valence-electron chi connectivity index (χ1n) is 3.61. The van der Waals surface area contributed by atoms with E-state index in [9.17, 15) is 43.9 Å². The van der Waals surface area contributed by atoms with E-state index in [2.05, 4.69) is 0 Å². The van der Waals surface area contributed by atoms with Crippen LogP contribution in [-0.4, -0.2) is 34.9 Å². The Labute approximate surface area is 137 Å². The topological polar surface area (TPSA) is 20.2 Å². The van der Waals surface area contributed by atoms with E-state index in [-0.39, 0.29) is 52.8 Å². The second-order valence-corrected chi connectivity index (χ2v) is 3.22. The maximum absolute atomic E-state index is 12.5. The minimum atomic E-state index is -7.03. The molecule has 12 heteroatoms. The molecule has 0 amide bonds. The van der Waals surface area contributed by atoms with Crippen LogP contribution in [0.1, 0.15) is 8.35 Å². The van der Waals surface area contributed by atoms with Crippen LogP contribution in [0.2, 0.25) is 0 Å². The molecule has 1 unspecified atom stereocenters. The number of hydrogen-bond donors (Lipinski definition) is 1. The number of aliphatic hydroxyl groups is 1. The molecule has 0 saturated carbocycles. The van der Waals surface area contributed by atoms with Gasteiger partial charge >= 0.3 is 75.6 Å². The molecule has 0 bridgehead atoms. The third-order valence-corrected chi connectivity index (χ3v) is 1.91. The first kappa shape index (κ1) is 21.2. The molecule has 0 saturated heterocycles. The van der Waals surface area contributed by atoms with E-state index in [1.165, 1.54) is 0 Å². The molecule has 0 spiro atoms. The minimum Gasteiger partial charge on any atom is -1.00 e. The van der Waals surface area contributed by atoms with Crippen molar-refractivity contribution in [1.82, 2.24) is 0 Å². The quantitative estimate of drug-likeness (QED) is 0.571. The van der Waals surface area contributed by atoms with Gasteiger partial charge in [-0.15, -0.1) is 0 Å². The zero-order valence-corrected chi connectivity index (χ0v) is 11.8. The molecule has 0 aliphatic heterocycles. The Morgan fingerprint density at radius 2 is 0.944 bits per heavy atom. The third-order valence-electron chi connectivity index (χ3n) is 1.91. The van der Waals surface area contributed by atoms with Gasteiger partial charge in [-0.2, -0.15) is 43.9 Å². The average Bonchev–Trinajstić information content (AvgIpc) is 1.98. The van der Waals surface area contributed by atoms with Gasteiger partial charge < -0.3 is 6.53 Å². The molecule has 1 nitrogen and oxygen atoms in total. The van der Waals surface area contributed by atoms with Crippen molar-refractivity contribution in [3.8, 4) is 0 Å². The molecule has 0 rings (SSSR count). The fourth-order valence-electron chi connectivity index (χ4n) is 0.662. The Morgan fingerprint density at radius 3 is 1.11 bits per heavy atom. The number of hydrogen-bond acceptors (Lipinski definition) is 1. The smallest absolute Gasteiger partial charge is 1.00 e. The minimum absolute atomic E-state index is 0. The molecule has 0 aliphatic rings. The predicted octanol–water partition coefficient (Wildman–Crippen LogP) is 0.249. The van der Waals surface area contributed by atoms with Gasteiger partial charge in [-0.25, -0.2) is 0 Å². The number of halogens is 10. The maximum atomic E-state index is 12.5. The number of alkyl halides is 10. The summed E-state index contributed by atoms with van der Waals surface area (Å²) in [6, 6.07) is 0. The van der Waals surface area contributed by atoms with Crippen LogP contribution in [0, 0.1) is 0 Å². The van der Waals surface area contributed by atoms with Gasteiger partial charge in [0.25, 0.3) is 0 Å². The maximum Gasteiger partial charge on any atom is 1.00 e. The molecule has 0 heterocycles. The van der Waals surface area contributed by atoms with Crippen molar-refractivity contribution >= 4 is 0 Å². The normalized spacial score (nSPS) is 18.0. The fourth-order valence-corrected chi connectivity index (χ4v) is 0.662. The molecule has 0 radical (unpaired) electrons. The number of rotatable bonds is 2. The first-order chi connectivity index (χ1) is 7.00. The summed E-state index contributed by atoms with van der Waals surface area (Å²) in [6.07, 6.45) is -13.3. The molecule has 0 fully saturated rings. The summed E-state index contributed by atoms with van der Waals surface area (Å²) < 4.78 is 120. The summed E-state index contributed by atoms with van der Waals surface area (Å²) in [5.41, 5.74) is -5.53. The Hall–Kier alpha value is 0.896. The average molecular weight is 322 g/mol. The monoisotopic (exact) mass is 322 g/mol. The van der Waals surface area contributed by atoms with Crippen molar-refractivity contribution in [1.29, 1.82) is 0 Å². The predicted molar refractivity (Wildman–Crippen MR) is 33.7 cm³/mol. The van der Waals surface area contributed by atoms with Crippen LogP contribution >= 0.6 is 0 Å². The van der Waals surface area contributed by atoms with Gasteiger partial charge in [0.05, 0.1) is 0 Å². The Balaban J connectivity index is -0.00000128. The second-order valence-electron chi connectivity index (χ2n) is 3.22. The van der Waals surface area contributed by atoms with Crippen LogP contribution in [0.15, 0.2) is 0 Å². The molecule has 0 aromatic carbocycles. The Bertz CT molecular complexity index is 267. The SMILES string of the molecule is CC(O)(C(F)(F)F)C(F)(F)C(F)(F)C(F)(F)F.[H-].[K+]. The van der Waals surface area contributed by atoms with Gasteiger partial charge in [-0.3, -0.25) is 0 Å². The van der Waals surface area contributed by atoms with E-state index in [0.717, 1.165) is 0 Å². The van der Waals surface area contributed by atoms with Crippen molar-refractivity contribution in [3.63, 3.8) is 0 Å². The van der Waals surface area contributed by atoms with Crippen LogP contribution in [0.5, 0.6) is 0 Å². The van der Waals surface area contributed by atoms with Crippen LogP contribution < -0.4 is 51.4 Å². The van der Waals surface area contributed by atoms with Gasteiger partial charge in [-0.1, -0.05) is 0 Å². The van der Waals surface area contributed by atoms with Crippen molar-refractivity contribution in [2.45, 2.75) is 36.7 Å². The van der Waals surface area contributed by atoms with Crippen LogP contribution in [0.25, 0.3) is 0 Å². The van der Waals surface area contributed by atoms with E-state index in [1.807, 2.05) is 0 Å². The fraction of sp³-hybridized carbons (Fsp3) is 1.00. The zero-order valence-electron chi connectivity index (χ0n) is 9.73. The summed E-state index contributed by atoms with van der Waals surface area (Å²) in [7, 11) is 0. The molecule has 106 valence electrons. The summed E-state index contributed by atoms with van der Waals surface area (Å²) in [5, 5.41) is 8.22. The van der Waals surface area contributed by atoms with Crippen molar-refractivity contribution < 1.29 is 102 Å². The first-order valence-corrected chi connectivity index (χ1v) is 3.61. The summed E-state index contributed by atoms with van der Waals surface area (Å²) in [6.45, 7) is -0.868.